The number of anilines is 1. The second-order valence-electron chi connectivity index (χ2n) is 6.08. The van der Waals surface area contributed by atoms with E-state index in [2.05, 4.69) is 27.3 Å². The quantitative estimate of drug-likeness (QED) is 0.836. The number of hydrogen-bond acceptors (Lipinski definition) is 4. The summed E-state index contributed by atoms with van der Waals surface area (Å²) in [4.78, 5) is 18.6. The lowest BCUT2D eigenvalue weighted by molar-refractivity contribution is -0.113. The molecule has 2 heterocycles. The molecule has 3 rings (SSSR count). The smallest absolute Gasteiger partial charge is 0.234 e. The van der Waals surface area contributed by atoms with Crippen molar-refractivity contribution in [2.45, 2.75) is 25.1 Å². The van der Waals surface area contributed by atoms with Gasteiger partial charge in [0.2, 0.25) is 5.91 Å². The Hall–Kier alpha value is -1.85. The van der Waals surface area contributed by atoms with Crippen LogP contribution in [0, 0.1) is 0 Å². The first kappa shape index (κ1) is 17.0. The summed E-state index contributed by atoms with van der Waals surface area (Å²) in [5.74, 6) is 1.33. The van der Waals surface area contributed by atoms with Crippen LogP contribution in [-0.2, 0) is 17.1 Å². The number of rotatable bonds is 7. The van der Waals surface area contributed by atoms with E-state index in [9.17, 15) is 4.79 Å². The number of benzene rings is 1. The average Bonchev–Trinajstić information content (AvgIpc) is 3.09. The summed E-state index contributed by atoms with van der Waals surface area (Å²) in [5.41, 5.74) is 3.34. The SMILES string of the molecule is O=C(CSCc1ccncc1)Nc1cccc(CN2CCCC2)c1. The summed E-state index contributed by atoms with van der Waals surface area (Å²) in [7, 11) is 0. The number of amides is 1. The number of nitrogens with one attached hydrogen (secondary N) is 1. The van der Waals surface area contributed by atoms with Crippen molar-refractivity contribution in [3.8, 4) is 0 Å². The lowest BCUT2D eigenvalue weighted by Gasteiger charge is -2.15. The van der Waals surface area contributed by atoms with Crippen LogP contribution in [-0.4, -0.2) is 34.6 Å². The number of carbonyl (C=O) groups is 1. The summed E-state index contributed by atoms with van der Waals surface area (Å²) in [6.07, 6.45) is 6.15. The van der Waals surface area contributed by atoms with Crippen molar-refractivity contribution in [1.29, 1.82) is 0 Å². The van der Waals surface area contributed by atoms with Gasteiger partial charge >= 0.3 is 0 Å². The Labute approximate surface area is 147 Å². The molecule has 1 amide bonds. The molecule has 0 bridgehead atoms. The highest BCUT2D eigenvalue weighted by molar-refractivity contribution is 7.99. The summed E-state index contributed by atoms with van der Waals surface area (Å²) in [6, 6.07) is 12.2. The lowest BCUT2D eigenvalue weighted by Crippen LogP contribution is -2.19. The first-order valence-electron chi connectivity index (χ1n) is 8.37. The van der Waals surface area contributed by atoms with Gasteiger partial charge in [-0.1, -0.05) is 12.1 Å². The number of pyridine rings is 1. The largest absolute Gasteiger partial charge is 0.325 e. The third-order valence-electron chi connectivity index (χ3n) is 4.07. The molecule has 0 radical (unpaired) electrons. The third kappa shape index (κ3) is 5.35. The van der Waals surface area contributed by atoms with Gasteiger partial charge in [-0.3, -0.25) is 14.7 Å². The van der Waals surface area contributed by atoms with Crippen LogP contribution in [0.15, 0.2) is 48.8 Å². The van der Waals surface area contributed by atoms with Crippen molar-refractivity contribution in [3.63, 3.8) is 0 Å². The number of carbonyl (C=O) groups excluding carboxylic acids is 1. The molecule has 1 saturated heterocycles. The highest BCUT2D eigenvalue weighted by atomic mass is 32.2. The molecule has 1 aromatic heterocycles. The topological polar surface area (TPSA) is 45.2 Å². The van der Waals surface area contributed by atoms with Gasteiger partial charge in [0, 0.05) is 30.4 Å². The van der Waals surface area contributed by atoms with E-state index in [4.69, 9.17) is 0 Å². The molecule has 0 atom stereocenters. The molecular weight excluding hydrogens is 318 g/mol. The molecule has 0 spiro atoms. The number of nitrogens with zero attached hydrogens (tertiary/aromatic N) is 2. The number of likely N-dealkylation sites (tertiary alicyclic amines) is 1. The van der Waals surface area contributed by atoms with Crippen molar-refractivity contribution >= 4 is 23.4 Å². The molecule has 0 aliphatic carbocycles. The molecule has 1 fully saturated rings. The minimum atomic E-state index is 0.0485. The maximum atomic E-state index is 12.1. The van der Waals surface area contributed by atoms with Gasteiger partial charge in [0.25, 0.3) is 0 Å². The molecular formula is C19H23N3OS. The molecule has 0 unspecified atom stereocenters. The third-order valence-corrected chi connectivity index (χ3v) is 5.07. The van der Waals surface area contributed by atoms with Crippen LogP contribution in [0.4, 0.5) is 5.69 Å². The van der Waals surface area contributed by atoms with Gasteiger partial charge in [0.15, 0.2) is 0 Å². The monoisotopic (exact) mass is 341 g/mol. The predicted molar refractivity (Wildman–Crippen MR) is 100.0 cm³/mol. The summed E-state index contributed by atoms with van der Waals surface area (Å²) < 4.78 is 0. The van der Waals surface area contributed by atoms with Crippen LogP contribution in [0.3, 0.4) is 0 Å². The highest BCUT2D eigenvalue weighted by Gasteiger charge is 2.12. The Balaban J connectivity index is 1.45. The fourth-order valence-electron chi connectivity index (χ4n) is 2.88. The van der Waals surface area contributed by atoms with Crippen LogP contribution in [0.5, 0.6) is 0 Å². The van der Waals surface area contributed by atoms with Gasteiger partial charge in [-0.05, 0) is 61.3 Å². The van der Waals surface area contributed by atoms with Crippen molar-refractivity contribution in [2.24, 2.45) is 0 Å². The summed E-state index contributed by atoms with van der Waals surface area (Å²) in [5, 5.41) is 3.00. The van der Waals surface area contributed by atoms with Gasteiger partial charge in [-0.25, -0.2) is 0 Å². The fraction of sp³-hybridized carbons (Fsp3) is 0.368. The van der Waals surface area contributed by atoms with E-state index in [1.54, 1.807) is 24.2 Å². The maximum absolute atomic E-state index is 12.1. The van der Waals surface area contributed by atoms with Crippen molar-refractivity contribution in [1.82, 2.24) is 9.88 Å². The van der Waals surface area contributed by atoms with Crippen molar-refractivity contribution in [3.05, 3.63) is 59.9 Å². The first-order chi connectivity index (χ1) is 11.8. The molecule has 24 heavy (non-hydrogen) atoms. The van der Waals surface area contributed by atoms with Crippen molar-refractivity contribution < 1.29 is 4.79 Å². The Bertz CT molecular complexity index is 657. The Morgan fingerprint density at radius 2 is 1.92 bits per heavy atom. The van der Waals surface area contributed by atoms with E-state index in [1.807, 2.05) is 24.3 Å². The van der Waals surface area contributed by atoms with Crippen LogP contribution in [0.1, 0.15) is 24.0 Å². The number of aromatic nitrogens is 1. The molecule has 4 nitrogen and oxygen atoms in total. The minimum Gasteiger partial charge on any atom is -0.325 e. The van der Waals surface area contributed by atoms with Gasteiger partial charge in [-0.15, -0.1) is 11.8 Å². The minimum absolute atomic E-state index is 0.0485. The maximum Gasteiger partial charge on any atom is 0.234 e. The van der Waals surface area contributed by atoms with Crippen molar-refractivity contribution in [2.75, 3.05) is 24.2 Å². The van der Waals surface area contributed by atoms with E-state index in [0.717, 1.165) is 18.0 Å². The second kappa shape index (κ2) is 8.85. The van der Waals surface area contributed by atoms with E-state index in [0.29, 0.717) is 5.75 Å². The molecule has 126 valence electrons. The lowest BCUT2D eigenvalue weighted by atomic mass is 10.2. The van der Waals surface area contributed by atoms with Gasteiger partial charge in [0.05, 0.1) is 5.75 Å². The van der Waals surface area contributed by atoms with E-state index >= 15 is 0 Å². The van der Waals surface area contributed by atoms with Crippen LogP contribution >= 0.6 is 11.8 Å². The van der Waals surface area contributed by atoms with E-state index < -0.39 is 0 Å². The van der Waals surface area contributed by atoms with E-state index in [1.165, 1.54) is 37.1 Å². The fourth-order valence-corrected chi connectivity index (χ4v) is 3.67. The van der Waals surface area contributed by atoms with Crippen LogP contribution < -0.4 is 5.32 Å². The normalized spacial score (nSPS) is 14.7. The summed E-state index contributed by atoms with van der Waals surface area (Å²) in [6.45, 7) is 3.34. The standard InChI is InChI=1S/C19H23N3OS/c23-19(15-24-14-16-6-8-20-9-7-16)21-18-5-3-4-17(12-18)13-22-10-1-2-11-22/h3-9,12H,1-2,10-11,13-15H2,(H,21,23). The zero-order chi connectivity index (χ0) is 16.6. The van der Waals surface area contributed by atoms with Gasteiger partial charge < -0.3 is 5.32 Å². The zero-order valence-corrected chi connectivity index (χ0v) is 14.6. The first-order valence-corrected chi connectivity index (χ1v) is 9.53. The summed E-state index contributed by atoms with van der Waals surface area (Å²) >= 11 is 1.62. The molecule has 5 heteroatoms. The van der Waals surface area contributed by atoms with E-state index in [-0.39, 0.29) is 5.91 Å². The molecule has 1 aliphatic heterocycles. The molecule has 1 N–H and O–H groups in total. The molecule has 2 aromatic rings. The molecule has 0 saturated carbocycles. The average molecular weight is 341 g/mol. The Morgan fingerprint density at radius 1 is 1.12 bits per heavy atom. The van der Waals surface area contributed by atoms with Gasteiger partial charge in [0.1, 0.15) is 0 Å². The zero-order valence-electron chi connectivity index (χ0n) is 13.8. The molecule has 1 aliphatic rings. The van der Waals surface area contributed by atoms with Gasteiger partial charge in [-0.2, -0.15) is 0 Å². The number of thioether (sulfide) groups is 1. The predicted octanol–water partition coefficient (Wildman–Crippen LogP) is 3.55. The van der Waals surface area contributed by atoms with Crippen LogP contribution in [0.2, 0.25) is 0 Å². The highest BCUT2D eigenvalue weighted by Crippen LogP contribution is 2.17. The number of hydrogen-bond donors (Lipinski definition) is 1. The Morgan fingerprint density at radius 3 is 2.71 bits per heavy atom. The van der Waals surface area contributed by atoms with Crippen LogP contribution in [0.25, 0.3) is 0 Å². The molecule has 1 aromatic carbocycles. The Kier molecular flexibility index (Phi) is 6.26. The second-order valence-corrected chi connectivity index (χ2v) is 7.07.